The van der Waals surface area contributed by atoms with Crippen LogP contribution in [0.15, 0.2) is 24.3 Å². The Kier molecular flexibility index (Phi) is 18.3. The number of nitrogens with two attached hydrogens (primary N) is 1. The minimum atomic E-state index is -1.73. The molecule has 3 aliphatic heterocycles. The molecule has 0 aromatic heterocycles. The zero-order valence-electron chi connectivity index (χ0n) is 40.4. The Labute approximate surface area is 392 Å². The lowest BCUT2D eigenvalue weighted by Gasteiger charge is -2.44. The van der Waals surface area contributed by atoms with E-state index in [2.05, 4.69) is 26.6 Å². The summed E-state index contributed by atoms with van der Waals surface area (Å²) >= 11 is 0. The molecule has 1 aliphatic carbocycles. The summed E-state index contributed by atoms with van der Waals surface area (Å²) < 4.78 is 5.93. The molecule has 0 radical (unpaired) electrons. The summed E-state index contributed by atoms with van der Waals surface area (Å²) in [6.07, 6.45) is -2.89. The van der Waals surface area contributed by atoms with Crippen molar-refractivity contribution in [3.05, 3.63) is 29.8 Å². The van der Waals surface area contributed by atoms with Gasteiger partial charge in [0.15, 0.2) is 0 Å². The number of ether oxygens (including phenoxy) is 1. The molecule has 20 heteroatoms. The summed E-state index contributed by atoms with van der Waals surface area (Å²) in [5, 5.41) is 35.4. The number of rotatable bonds is 15. The molecule has 4 aliphatic rings. The standard InChI is InChI=1S/C47H72N8O12/c1-11-25(7)36-46(66)67-27(9)37(52-40(60)31(17-18-34(48)57)49-39(59)24(5)6)43(63)50-32(19-23(3)4)41(61)53-47-21-30(47)44(64)55(35(58)22-47)38(26(8)12-2)45(65)54(10)33(42(62)51-36)20-28-13-15-29(56)16-14-28/h13-16,23-27,30-33,35-38,56,58H,11-12,17-22H2,1-10H3,(H2,48,57)(H,49,59)(H,50,63)(H,51,62)(H,52,60)(H,53,61)/t25?,26?,27-,30?,31+,32+,33+,35+,36+,37+,38+,47?/m1/s1. The van der Waals surface area contributed by atoms with Crippen molar-refractivity contribution in [2.75, 3.05) is 7.05 Å². The van der Waals surface area contributed by atoms with E-state index in [-0.39, 0.29) is 50.2 Å². The second-order valence-electron chi connectivity index (χ2n) is 19.4. The quantitative estimate of drug-likeness (QED) is 0.0882. The van der Waals surface area contributed by atoms with Gasteiger partial charge in [0.25, 0.3) is 0 Å². The van der Waals surface area contributed by atoms with Crippen molar-refractivity contribution in [2.45, 2.75) is 168 Å². The van der Waals surface area contributed by atoms with Crippen molar-refractivity contribution in [1.29, 1.82) is 0 Å². The Hall–Kier alpha value is -5.79. The minimum Gasteiger partial charge on any atom is -0.508 e. The van der Waals surface area contributed by atoms with Gasteiger partial charge in [-0.1, -0.05) is 80.4 Å². The fourth-order valence-corrected chi connectivity index (χ4v) is 8.68. The fraction of sp³-hybridized carbons (Fsp3) is 0.681. The molecule has 67 heavy (non-hydrogen) atoms. The van der Waals surface area contributed by atoms with Gasteiger partial charge >= 0.3 is 5.97 Å². The number of nitrogens with one attached hydrogen (secondary N) is 5. The normalized spacial score (nSPS) is 28.9. The number of hydrogen-bond acceptors (Lipinski definition) is 12. The Balaban J connectivity index is 1.87. The predicted octanol–water partition coefficient (Wildman–Crippen LogP) is 0.500. The number of phenolic OH excluding ortho intramolecular Hbond substituents is 1. The molecule has 3 heterocycles. The van der Waals surface area contributed by atoms with Crippen LogP contribution in [0, 0.1) is 29.6 Å². The number of esters is 1. The van der Waals surface area contributed by atoms with Crippen LogP contribution in [-0.2, 0) is 54.3 Å². The van der Waals surface area contributed by atoms with Gasteiger partial charge in [-0.25, -0.2) is 4.79 Å². The summed E-state index contributed by atoms with van der Waals surface area (Å²) in [6, 6.07) is -2.33. The first-order valence-electron chi connectivity index (χ1n) is 23.4. The van der Waals surface area contributed by atoms with Crippen molar-refractivity contribution in [3.63, 3.8) is 0 Å². The molecule has 12 atom stereocenters. The molecule has 4 fully saturated rings. The number of hydrogen-bond donors (Lipinski definition) is 8. The molecule has 1 aromatic carbocycles. The van der Waals surface area contributed by atoms with Crippen LogP contribution in [0.5, 0.6) is 5.75 Å². The van der Waals surface area contributed by atoms with Gasteiger partial charge in [-0.3, -0.25) is 38.4 Å². The van der Waals surface area contributed by atoms with Gasteiger partial charge in [-0.05, 0) is 61.6 Å². The highest BCUT2D eigenvalue weighted by Gasteiger charge is 2.66. The summed E-state index contributed by atoms with van der Waals surface area (Å²) in [5.41, 5.74) is 4.70. The zero-order chi connectivity index (χ0) is 50.2. The highest BCUT2D eigenvalue weighted by Crippen LogP contribution is 2.52. The van der Waals surface area contributed by atoms with Gasteiger partial charge in [0, 0.05) is 32.2 Å². The number of benzene rings is 1. The summed E-state index contributed by atoms with van der Waals surface area (Å²) in [4.78, 5) is 128. The molecule has 20 nitrogen and oxygen atoms in total. The number of aliphatic hydroxyl groups excluding tert-OH is 1. The van der Waals surface area contributed by atoms with E-state index in [1.165, 1.54) is 31.0 Å². The fourth-order valence-electron chi connectivity index (χ4n) is 8.68. The molecule has 9 N–H and O–H groups in total. The lowest BCUT2D eigenvalue weighted by Crippen LogP contribution is -2.65. The third-order valence-corrected chi connectivity index (χ3v) is 13.4. The molecule has 1 saturated carbocycles. The Morgan fingerprint density at radius 3 is 2.07 bits per heavy atom. The lowest BCUT2D eigenvalue weighted by molar-refractivity contribution is -0.168. The summed E-state index contributed by atoms with van der Waals surface area (Å²) in [6.45, 7) is 15.2. The number of carbonyl (C=O) groups is 9. The highest BCUT2D eigenvalue weighted by molar-refractivity contribution is 5.98. The van der Waals surface area contributed by atoms with E-state index in [1.807, 2.05) is 20.8 Å². The number of aliphatic hydroxyl groups is 1. The lowest BCUT2D eigenvalue weighted by atomic mass is 9.91. The number of aromatic hydroxyl groups is 1. The SMILES string of the molecule is CCC(C)[C@@H]1NC(=O)[C@H](Cc2ccc(O)cc2)N(C)C(=O)[C@H](C(C)CC)N2C(=O)C3CC3(C[C@@H]2O)NC(=O)[C@H](CC(C)C)NC(=O)[C@@H](NC(=O)[C@H](CCC(N)=O)NC(=O)C(C)C)[C@@H](C)OC1=O. The molecule has 1 aromatic rings. The highest BCUT2D eigenvalue weighted by atomic mass is 16.5. The van der Waals surface area contributed by atoms with Crippen LogP contribution >= 0.6 is 0 Å². The third kappa shape index (κ3) is 13.2. The number of piperidine rings is 1. The third-order valence-electron chi connectivity index (χ3n) is 13.4. The van der Waals surface area contributed by atoms with E-state index in [0.29, 0.717) is 18.4 Å². The number of likely N-dealkylation sites (N-methyl/N-ethyl adjacent to an activating group) is 1. The molecule has 372 valence electrons. The predicted molar refractivity (Wildman–Crippen MR) is 244 cm³/mol. The van der Waals surface area contributed by atoms with E-state index in [1.54, 1.807) is 46.8 Å². The molecule has 8 amide bonds. The van der Waals surface area contributed by atoms with Gasteiger partial charge in [0.2, 0.25) is 47.3 Å². The van der Waals surface area contributed by atoms with Gasteiger partial charge in [-0.15, -0.1) is 0 Å². The maximum absolute atomic E-state index is 14.9. The number of nitrogens with zero attached hydrogens (tertiary/aromatic N) is 2. The first kappa shape index (κ1) is 53.8. The second kappa shape index (κ2) is 22.8. The van der Waals surface area contributed by atoms with Crippen LogP contribution in [0.4, 0.5) is 0 Å². The molecule has 2 bridgehead atoms. The zero-order valence-corrected chi connectivity index (χ0v) is 40.4. The van der Waals surface area contributed by atoms with E-state index < -0.39 is 131 Å². The summed E-state index contributed by atoms with van der Waals surface area (Å²) in [7, 11) is 1.40. The topological polar surface area (TPSA) is 296 Å². The summed E-state index contributed by atoms with van der Waals surface area (Å²) in [5.74, 6) is -9.62. The average Bonchev–Trinajstić information content (AvgIpc) is 3.98. The van der Waals surface area contributed by atoms with Crippen LogP contribution < -0.4 is 32.3 Å². The van der Waals surface area contributed by atoms with Gasteiger partial charge in [0.1, 0.15) is 54.3 Å². The minimum absolute atomic E-state index is 0.0376. The molecule has 3 saturated heterocycles. The smallest absolute Gasteiger partial charge is 0.329 e. The van der Waals surface area contributed by atoms with Crippen molar-refractivity contribution in [2.24, 2.45) is 35.3 Å². The van der Waals surface area contributed by atoms with Crippen molar-refractivity contribution < 1.29 is 58.1 Å². The van der Waals surface area contributed by atoms with Gasteiger partial charge < -0.3 is 57.1 Å². The van der Waals surface area contributed by atoms with Gasteiger partial charge in [-0.2, -0.15) is 0 Å². The second-order valence-corrected chi connectivity index (χ2v) is 19.4. The Morgan fingerprint density at radius 2 is 1.51 bits per heavy atom. The molecule has 1 spiro atoms. The Bertz CT molecular complexity index is 2010. The first-order valence-corrected chi connectivity index (χ1v) is 23.4. The molecule has 5 rings (SSSR count). The van der Waals surface area contributed by atoms with E-state index in [9.17, 15) is 53.4 Å². The number of fused-ring (bicyclic) bond motifs is 16. The van der Waals surface area contributed by atoms with Crippen LogP contribution in [0.25, 0.3) is 0 Å². The maximum atomic E-state index is 14.9. The average molecular weight is 941 g/mol. The molecular formula is C47H72N8O12. The molecular weight excluding hydrogens is 869 g/mol. The van der Waals surface area contributed by atoms with E-state index in [4.69, 9.17) is 10.5 Å². The monoisotopic (exact) mass is 941 g/mol. The Morgan fingerprint density at radius 1 is 0.881 bits per heavy atom. The van der Waals surface area contributed by atoms with E-state index >= 15 is 0 Å². The number of carbonyl (C=O) groups excluding carboxylic acids is 9. The maximum Gasteiger partial charge on any atom is 0.329 e. The van der Waals surface area contributed by atoms with Gasteiger partial charge in [0.05, 0.1) is 11.5 Å². The van der Waals surface area contributed by atoms with Crippen LogP contribution in [0.2, 0.25) is 0 Å². The van der Waals surface area contributed by atoms with Crippen molar-refractivity contribution >= 4 is 53.2 Å². The number of phenols is 1. The van der Waals surface area contributed by atoms with Crippen LogP contribution in [0.1, 0.15) is 113 Å². The van der Waals surface area contributed by atoms with Crippen LogP contribution in [0.3, 0.4) is 0 Å². The molecule has 4 unspecified atom stereocenters. The van der Waals surface area contributed by atoms with Crippen molar-refractivity contribution in [3.8, 4) is 5.75 Å². The number of amides is 8. The van der Waals surface area contributed by atoms with Crippen LogP contribution in [-0.4, -0.2) is 134 Å². The largest absolute Gasteiger partial charge is 0.508 e. The number of primary amides is 1. The first-order chi connectivity index (χ1) is 31.4. The van der Waals surface area contributed by atoms with Crippen molar-refractivity contribution in [1.82, 2.24) is 36.4 Å². The van der Waals surface area contributed by atoms with E-state index in [0.717, 1.165) is 4.90 Å².